The van der Waals surface area contributed by atoms with Gasteiger partial charge in [0.05, 0.1) is 13.2 Å². The lowest BCUT2D eigenvalue weighted by Crippen LogP contribution is -2.36. The van der Waals surface area contributed by atoms with Crippen LogP contribution in [-0.2, 0) is 16.6 Å². The fraction of sp³-hybridized carbons (Fsp3) is 0.310. The summed E-state index contributed by atoms with van der Waals surface area (Å²) in [5.74, 6) is 0.0340. The van der Waals surface area contributed by atoms with Crippen LogP contribution in [0.5, 0.6) is 5.75 Å². The third-order valence-corrected chi connectivity index (χ3v) is 6.24. The first kappa shape index (κ1) is 25.4. The van der Waals surface area contributed by atoms with Crippen molar-refractivity contribution in [1.82, 2.24) is 10.6 Å². The van der Waals surface area contributed by atoms with E-state index in [1.807, 2.05) is 38.1 Å². The maximum absolute atomic E-state index is 13.3. The molecule has 0 saturated heterocycles. The Labute approximate surface area is 210 Å². The quantitative estimate of drug-likeness (QED) is 0.573. The van der Waals surface area contributed by atoms with Gasteiger partial charge in [0.2, 0.25) is 0 Å². The number of benzene rings is 3. The molecule has 2 amide bonds. The highest BCUT2D eigenvalue weighted by Crippen LogP contribution is 2.26. The van der Waals surface area contributed by atoms with Gasteiger partial charge >= 0.3 is 0 Å². The van der Waals surface area contributed by atoms with Crippen molar-refractivity contribution in [3.8, 4) is 5.75 Å². The lowest BCUT2D eigenvalue weighted by Gasteiger charge is -2.26. The molecule has 0 saturated carbocycles. The van der Waals surface area contributed by atoms with Gasteiger partial charge < -0.3 is 20.1 Å². The molecule has 2 bridgehead atoms. The van der Waals surface area contributed by atoms with Crippen LogP contribution < -0.4 is 15.4 Å². The van der Waals surface area contributed by atoms with E-state index in [1.54, 1.807) is 30.3 Å². The van der Waals surface area contributed by atoms with Gasteiger partial charge in [0, 0.05) is 36.1 Å². The summed E-state index contributed by atoms with van der Waals surface area (Å²) < 4.78 is 24.8. The Morgan fingerprint density at radius 1 is 1.03 bits per heavy atom. The SMILES string of the molecule is CC(C)(CNC(=O)c1ccc2c(c1)Cc1cccc(c1)C(=O)NCCOCCO2)c1ccc(F)cc1. The summed E-state index contributed by atoms with van der Waals surface area (Å²) in [5, 5.41) is 5.86. The molecule has 1 aliphatic heterocycles. The minimum atomic E-state index is -0.374. The van der Waals surface area contributed by atoms with Crippen LogP contribution in [0.3, 0.4) is 0 Å². The van der Waals surface area contributed by atoms with Crippen LogP contribution in [-0.4, -0.2) is 44.7 Å². The zero-order chi connectivity index (χ0) is 25.5. The second-order valence-electron chi connectivity index (χ2n) is 9.49. The van der Waals surface area contributed by atoms with Crippen LogP contribution >= 0.6 is 0 Å². The number of ether oxygens (including phenoxy) is 2. The Hall–Kier alpha value is -3.71. The molecule has 7 heteroatoms. The maximum Gasteiger partial charge on any atom is 0.251 e. The fourth-order valence-electron chi connectivity index (χ4n) is 4.10. The zero-order valence-corrected chi connectivity index (χ0v) is 20.6. The van der Waals surface area contributed by atoms with Crippen LogP contribution in [0.15, 0.2) is 66.7 Å². The fourth-order valence-corrected chi connectivity index (χ4v) is 4.10. The number of nitrogens with one attached hydrogen (secondary N) is 2. The molecule has 0 aromatic heterocycles. The molecule has 3 aromatic rings. The van der Waals surface area contributed by atoms with E-state index in [0.717, 1.165) is 16.7 Å². The summed E-state index contributed by atoms with van der Waals surface area (Å²) in [6.45, 7) is 5.97. The summed E-state index contributed by atoms with van der Waals surface area (Å²) >= 11 is 0. The maximum atomic E-state index is 13.3. The number of halogens is 1. The summed E-state index contributed by atoms with van der Waals surface area (Å²) in [6.07, 6.45) is 0.500. The van der Waals surface area contributed by atoms with Crippen LogP contribution in [0.4, 0.5) is 4.39 Å². The van der Waals surface area contributed by atoms with Crippen molar-refractivity contribution < 1.29 is 23.5 Å². The molecule has 36 heavy (non-hydrogen) atoms. The van der Waals surface area contributed by atoms with Gasteiger partial charge in [-0.3, -0.25) is 9.59 Å². The number of hydrogen-bond acceptors (Lipinski definition) is 4. The molecule has 6 nitrogen and oxygen atoms in total. The Bertz CT molecular complexity index is 1220. The summed E-state index contributed by atoms with van der Waals surface area (Å²) in [7, 11) is 0. The molecule has 188 valence electrons. The molecule has 4 rings (SSSR count). The number of amides is 2. The monoisotopic (exact) mass is 490 g/mol. The second-order valence-corrected chi connectivity index (χ2v) is 9.49. The molecule has 0 fully saturated rings. The summed E-state index contributed by atoms with van der Waals surface area (Å²) in [4.78, 5) is 25.5. The number of carbonyl (C=O) groups is 2. The highest BCUT2D eigenvalue weighted by molar-refractivity contribution is 5.95. The van der Waals surface area contributed by atoms with Crippen molar-refractivity contribution >= 4 is 11.8 Å². The highest BCUT2D eigenvalue weighted by atomic mass is 19.1. The topological polar surface area (TPSA) is 76.7 Å². The largest absolute Gasteiger partial charge is 0.491 e. The zero-order valence-electron chi connectivity index (χ0n) is 20.6. The normalized spacial score (nSPS) is 14.6. The van der Waals surface area contributed by atoms with E-state index in [1.165, 1.54) is 12.1 Å². The van der Waals surface area contributed by atoms with Gasteiger partial charge in [0.1, 0.15) is 18.2 Å². The van der Waals surface area contributed by atoms with Gasteiger partial charge in [-0.05, 0) is 59.2 Å². The van der Waals surface area contributed by atoms with Gasteiger partial charge in [0.25, 0.3) is 11.8 Å². The highest BCUT2D eigenvalue weighted by Gasteiger charge is 2.22. The molecule has 2 N–H and O–H groups in total. The first-order valence-corrected chi connectivity index (χ1v) is 12.1. The molecule has 3 aromatic carbocycles. The molecular weight excluding hydrogens is 459 g/mol. The Morgan fingerprint density at radius 2 is 1.83 bits per heavy atom. The van der Waals surface area contributed by atoms with Gasteiger partial charge in [-0.1, -0.05) is 38.1 Å². The standard InChI is InChI=1S/C29H31FN2O4/c1-29(2,24-7-9-25(30)10-8-24)19-32-28(34)22-6-11-26-23(18-22)17-20-4-3-5-21(16-20)27(33)31-12-13-35-14-15-36-26/h3-11,16,18H,12-15,17,19H2,1-2H3,(H,31,33)(H,32,34). The number of fused-ring (bicyclic) bond motifs is 3. The molecule has 0 spiro atoms. The average molecular weight is 491 g/mol. The third-order valence-electron chi connectivity index (χ3n) is 6.24. The lowest BCUT2D eigenvalue weighted by atomic mass is 9.84. The first-order valence-electron chi connectivity index (χ1n) is 12.1. The second kappa shape index (κ2) is 11.4. The molecule has 0 aliphatic carbocycles. The Morgan fingerprint density at radius 3 is 2.64 bits per heavy atom. The minimum Gasteiger partial charge on any atom is -0.491 e. The molecular formula is C29H31FN2O4. The van der Waals surface area contributed by atoms with Crippen LogP contribution in [0.1, 0.15) is 51.3 Å². The van der Waals surface area contributed by atoms with E-state index in [2.05, 4.69) is 10.6 Å². The van der Waals surface area contributed by atoms with Crippen molar-refractivity contribution in [2.45, 2.75) is 25.7 Å². The van der Waals surface area contributed by atoms with E-state index >= 15 is 0 Å². The van der Waals surface area contributed by atoms with E-state index < -0.39 is 0 Å². The number of hydrogen-bond donors (Lipinski definition) is 2. The van der Waals surface area contributed by atoms with E-state index in [9.17, 15) is 14.0 Å². The minimum absolute atomic E-state index is 0.147. The van der Waals surface area contributed by atoms with Crippen LogP contribution in [0.2, 0.25) is 0 Å². The van der Waals surface area contributed by atoms with Gasteiger partial charge in [-0.25, -0.2) is 4.39 Å². The Kier molecular flexibility index (Phi) is 8.00. The molecule has 1 aliphatic rings. The van der Waals surface area contributed by atoms with Crippen molar-refractivity contribution in [3.63, 3.8) is 0 Å². The van der Waals surface area contributed by atoms with E-state index in [0.29, 0.717) is 56.2 Å². The average Bonchev–Trinajstić information content (AvgIpc) is 2.87. The molecule has 0 radical (unpaired) electrons. The van der Waals surface area contributed by atoms with Crippen molar-refractivity contribution in [3.05, 3.63) is 100 Å². The van der Waals surface area contributed by atoms with Crippen molar-refractivity contribution in [2.24, 2.45) is 0 Å². The predicted octanol–water partition coefficient (Wildman–Crippen LogP) is 4.26. The van der Waals surface area contributed by atoms with Gasteiger partial charge in [-0.2, -0.15) is 0 Å². The van der Waals surface area contributed by atoms with Crippen LogP contribution in [0.25, 0.3) is 0 Å². The number of rotatable bonds is 4. The smallest absolute Gasteiger partial charge is 0.251 e. The number of carbonyl (C=O) groups excluding carboxylic acids is 2. The molecule has 0 unspecified atom stereocenters. The van der Waals surface area contributed by atoms with Gasteiger partial charge in [0.15, 0.2) is 0 Å². The first-order chi connectivity index (χ1) is 17.3. The molecule has 1 heterocycles. The van der Waals surface area contributed by atoms with Crippen molar-refractivity contribution in [1.29, 1.82) is 0 Å². The summed E-state index contributed by atoms with van der Waals surface area (Å²) in [5.41, 5.74) is 3.43. The van der Waals surface area contributed by atoms with Crippen molar-refractivity contribution in [2.75, 3.05) is 32.9 Å². The summed E-state index contributed by atoms with van der Waals surface area (Å²) in [6, 6.07) is 19.1. The third kappa shape index (κ3) is 6.49. The molecule has 0 atom stereocenters. The van der Waals surface area contributed by atoms with Crippen LogP contribution in [0, 0.1) is 5.82 Å². The van der Waals surface area contributed by atoms with Gasteiger partial charge in [-0.15, -0.1) is 0 Å². The van der Waals surface area contributed by atoms with E-state index in [4.69, 9.17) is 9.47 Å². The predicted molar refractivity (Wildman–Crippen MR) is 136 cm³/mol. The Balaban J connectivity index is 1.54. The van der Waals surface area contributed by atoms with E-state index in [-0.39, 0.29) is 23.0 Å². The lowest BCUT2D eigenvalue weighted by molar-refractivity contribution is 0.0865.